The van der Waals surface area contributed by atoms with Gasteiger partial charge in [0.15, 0.2) is 5.76 Å². The Morgan fingerprint density at radius 3 is 2.74 bits per heavy atom. The van der Waals surface area contributed by atoms with Crippen LogP contribution in [-0.4, -0.2) is 43.7 Å². The summed E-state index contributed by atoms with van der Waals surface area (Å²) in [4.78, 5) is 26.2. The summed E-state index contributed by atoms with van der Waals surface area (Å²) in [5.41, 5.74) is -0.262. The first kappa shape index (κ1) is 16.1. The summed E-state index contributed by atoms with van der Waals surface area (Å²) in [7, 11) is 3.17. The Balaban J connectivity index is 1.76. The molecule has 6 nitrogen and oxygen atoms in total. The van der Waals surface area contributed by atoms with E-state index in [1.54, 1.807) is 11.9 Å². The van der Waals surface area contributed by atoms with Crippen molar-refractivity contribution in [1.29, 1.82) is 0 Å². The molecular weight excluding hydrogens is 298 g/mol. The topological polar surface area (TPSA) is 69.0 Å². The van der Waals surface area contributed by atoms with Gasteiger partial charge in [0.25, 0.3) is 5.91 Å². The zero-order valence-electron chi connectivity index (χ0n) is 13.8. The van der Waals surface area contributed by atoms with E-state index >= 15 is 0 Å². The summed E-state index contributed by atoms with van der Waals surface area (Å²) in [5.74, 6) is -0.122. The van der Waals surface area contributed by atoms with Crippen LogP contribution < -0.4 is 10.2 Å². The molecule has 0 bridgehead atoms. The molecule has 0 aliphatic heterocycles. The van der Waals surface area contributed by atoms with E-state index in [-0.39, 0.29) is 40.4 Å². The predicted molar refractivity (Wildman–Crippen MR) is 83.7 cm³/mol. The van der Waals surface area contributed by atoms with E-state index in [4.69, 9.17) is 13.9 Å². The highest BCUT2D eigenvalue weighted by molar-refractivity contribution is 5.91. The highest BCUT2D eigenvalue weighted by Gasteiger charge is 2.61. The number of nitrogens with zero attached hydrogens (tertiary/aromatic N) is 1. The molecule has 23 heavy (non-hydrogen) atoms. The molecule has 0 radical (unpaired) electrons. The van der Waals surface area contributed by atoms with Crippen molar-refractivity contribution in [2.24, 2.45) is 5.41 Å². The molecule has 2 aliphatic carbocycles. The molecule has 0 saturated heterocycles. The van der Waals surface area contributed by atoms with Crippen LogP contribution in [0.4, 0.5) is 0 Å². The number of amides is 1. The summed E-state index contributed by atoms with van der Waals surface area (Å²) in [6, 6.07) is 1.34. The van der Waals surface area contributed by atoms with Crippen LogP contribution in [0.15, 0.2) is 21.5 Å². The summed E-state index contributed by atoms with van der Waals surface area (Å²) in [6.07, 6.45) is 5.63. The van der Waals surface area contributed by atoms with Crippen LogP contribution in [-0.2, 0) is 4.74 Å². The van der Waals surface area contributed by atoms with Crippen molar-refractivity contribution in [2.75, 3.05) is 20.8 Å². The first-order valence-corrected chi connectivity index (χ1v) is 8.09. The van der Waals surface area contributed by atoms with Crippen LogP contribution in [0.1, 0.15) is 43.2 Å². The number of hydrogen-bond acceptors (Lipinski definition) is 5. The van der Waals surface area contributed by atoms with E-state index in [1.165, 1.54) is 25.9 Å². The first-order chi connectivity index (χ1) is 11.0. The second-order valence-electron chi connectivity index (χ2n) is 6.38. The molecule has 126 valence electrons. The molecule has 2 saturated carbocycles. The minimum absolute atomic E-state index is 0.0487. The molecule has 2 unspecified atom stereocenters. The van der Waals surface area contributed by atoms with Gasteiger partial charge in [-0.05, 0) is 26.2 Å². The van der Waals surface area contributed by atoms with Gasteiger partial charge >= 0.3 is 0 Å². The number of methoxy groups -OCH3 is 1. The molecule has 2 fully saturated rings. The van der Waals surface area contributed by atoms with Gasteiger partial charge in [-0.2, -0.15) is 0 Å². The van der Waals surface area contributed by atoms with Crippen LogP contribution in [0.3, 0.4) is 0 Å². The molecule has 2 aliphatic rings. The third-order valence-electron chi connectivity index (χ3n) is 5.41. The maximum absolute atomic E-state index is 12.6. The molecule has 1 amide bonds. The van der Waals surface area contributed by atoms with Gasteiger partial charge in [0, 0.05) is 31.2 Å². The quantitative estimate of drug-likeness (QED) is 0.830. The summed E-state index contributed by atoms with van der Waals surface area (Å²) >= 11 is 0. The van der Waals surface area contributed by atoms with Crippen molar-refractivity contribution in [1.82, 2.24) is 4.90 Å². The average molecular weight is 321 g/mol. The van der Waals surface area contributed by atoms with E-state index in [0.717, 1.165) is 19.3 Å². The standard InChI is InChI=1S/C17H23NO5/c1-4-22-15-9-14(17(15)6-5-7-17)18(2)16(20)12-8-11(19)13(21-3)10-23-12/h8,10,14-15H,4-7,9H2,1-3H3. The smallest absolute Gasteiger partial charge is 0.289 e. The SMILES string of the molecule is CCOC1CC(N(C)C(=O)c2cc(=O)c(OC)co2)C12CCC2. The molecule has 0 aromatic carbocycles. The van der Waals surface area contributed by atoms with Gasteiger partial charge in [0.1, 0.15) is 6.26 Å². The van der Waals surface area contributed by atoms with Gasteiger partial charge in [0.2, 0.25) is 11.2 Å². The number of rotatable bonds is 5. The van der Waals surface area contributed by atoms with Gasteiger partial charge in [-0.1, -0.05) is 6.42 Å². The second kappa shape index (κ2) is 6.00. The fourth-order valence-corrected chi connectivity index (χ4v) is 3.92. The highest BCUT2D eigenvalue weighted by Crippen LogP contribution is 2.59. The van der Waals surface area contributed by atoms with Gasteiger partial charge in [-0.3, -0.25) is 9.59 Å². The van der Waals surface area contributed by atoms with Gasteiger partial charge in [-0.15, -0.1) is 0 Å². The van der Waals surface area contributed by atoms with E-state index in [1.807, 2.05) is 6.92 Å². The minimum atomic E-state index is -0.352. The average Bonchev–Trinajstić information content (AvgIpc) is 2.48. The van der Waals surface area contributed by atoms with Gasteiger partial charge in [-0.25, -0.2) is 0 Å². The largest absolute Gasteiger partial charge is 0.490 e. The summed E-state index contributed by atoms with van der Waals surface area (Å²) in [5, 5.41) is 0. The highest BCUT2D eigenvalue weighted by atomic mass is 16.5. The third kappa shape index (κ3) is 2.45. The lowest BCUT2D eigenvalue weighted by atomic mass is 9.50. The zero-order valence-corrected chi connectivity index (χ0v) is 13.8. The fourth-order valence-electron chi connectivity index (χ4n) is 3.92. The normalized spacial score (nSPS) is 24.7. The molecular formula is C17H23NO5. The lowest BCUT2D eigenvalue weighted by Crippen LogP contribution is -2.67. The predicted octanol–water partition coefficient (Wildman–Crippen LogP) is 2.07. The van der Waals surface area contributed by atoms with Crippen LogP contribution in [0.25, 0.3) is 0 Å². The Morgan fingerprint density at radius 1 is 1.48 bits per heavy atom. The molecule has 0 N–H and O–H groups in total. The molecule has 6 heteroatoms. The molecule has 1 aromatic heterocycles. The number of carbonyl (C=O) groups excluding carboxylic acids is 1. The Labute approximate surface area is 135 Å². The van der Waals surface area contributed by atoms with Crippen LogP contribution >= 0.6 is 0 Å². The molecule has 1 aromatic rings. The van der Waals surface area contributed by atoms with Crippen molar-refractivity contribution < 1.29 is 18.7 Å². The molecule has 3 rings (SSSR count). The zero-order chi connectivity index (χ0) is 16.6. The number of ether oxygens (including phenoxy) is 2. The van der Waals surface area contributed by atoms with Crippen LogP contribution in [0.5, 0.6) is 5.75 Å². The number of carbonyl (C=O) groups is 1. The second-order valence-corrected chi connectivity index (χ2v) is 6.38. The van der Waals surface area contributed by atoms with Crippen molar-refractivity contribution >= 4 is 5.91 Å². The minimum Gasteiger partial charge on any atom is -0.490 e. The Kier molecular flexibility index (Phi) is 4.19. The molecule has 1 spiro atoms. The van der Waals surface area contributed by atoms with E-state index in [9.17, 15) is 9.59 Å². The van der Waals surface area contributed by atoms with E-state index in [0.29, 0.717) is 6.61 Å². The van der Waals surface area contributed by atoms with Crippen LogP contribution in [0, 0.1) is 5.41 Å². The van der Waals surface area contributed by atoms with Crippen molar-refractivity contribution in [3.8, 4) is 5.75 Å². The molecule has 2 atom stereocenters. The number of hydrogen-bond donors (Lipinski definition) is 0. The molecule has 1 heterocycles. The monoisotopic (exact) mass is 321 g/mol. The maximum atomic E-state index is 12.6. The fraction of sp³-hybridized carbons (Fsp3) is 0.647. The lowest BCUT2D eigenvalue weighted by Gasteiger charge is -2.63. The van der Waals surface area contributed by atoms with E-state index < -0.39 is 0 Å². The maximum Gasteiger partial charge on any atom is 0.289 e. The van der Waals surface area contributed by atoms with E-state index in [2.05, 4.69) is 0 Å². The van der Waals surface area contributed by atoms with Crippen molar-refractivity contribution in [3.05, 3.63) is 28.3 Å². The van der Waals surface area contributed by atoms with Crippen molar-refractivity contribution in [3.63, 3.8) is 0 Å². The first-order valence-electron chi connectivity index (χ1n) is 8.09. The third-order valence-corrected chi connectivity index (χ3v) is 5.41. The van der Waals surface area contributed by atoms with Gasteiger partial charge in [0.05, 0.1) is 13.2 Å². The Bertz CT molecular complexity index is 649. The Morgan fingerprint density at radius 2 is 2.22 bits per heavy atom. The lowest BCUT2D eigenvalue weighted by molar-refractivity contribution is -0.192. The van der Waals surface area contributed by atoms with Crippen LogP contribution in [0.2, 0.25) is 0 Å². The Hall–Kier alpha value is -1.82. The summed E-state index contributed by atoms with van der Waals surface area (Å²) < 4.78 is 16.0. The van der Waals surface area contributed by atoms with Gasteiger partial charge < -0.3 is 18.8 Å². The van der Waals surface area contributed by atoms with Crippen molar-refractivity contribution in [2.45, 2.75) is 44.8 Å². The summed E-state index contributed by atoms with van der Waals surface area (Å²) in [6.45, 7) is 2.70.